The van der Waals surface area contributed by atoms with Gasteiger partial charge in [0.15, 0.2) is 0 Å². The third-order valence-electron chi connectivity index (χ3n) is 3.07. The highest BCUT2D eigenvalue weighted by Gasteiger charge is 2.15. The molecule has 2 aromatic rings. The summed E-state index contributed by atoms with van der Waals surface area (Å²) in [7, 11) is 3.40. The van der Waals surface area contributed by atoms with E-state index >= 15 is 0 Å². The van der Waals surface area contributed by atoms with Gasteiger partial charge in [0.1, 0.15) is 5.75 Å². The maximum absolute atomic E-state index is 11.3. The van der Waals surface area contributed by atoms with Crippen molar-refractivity contribution in [1.82, 2.24) is 0 Å². The second-order valence-electron chi connectivity index (χ2n) is 4.34. The van der Waals surface area contributed by atoms with Crippen molar-refractivity contribution in [3.05, 3.63) is 48.0 Å². The first kappa shape index (κ1) is 13.7. The van der Waals surface area contributed by atoms with Crippen molar-refractivity contribution in [2.45, 2.75) is 0 Å². The maximum atomic E-state index is 11.3. The fourth-order valence-electron chi connectivity index (χ4n) is 1.96. The first-order chi connectivity index (χ1) is 9.52. The van der Waals surface area contributed by atoms with E-state index in [0.29, 0.717) is 11.4 Å². The van der Waals surface area contributed by atoms with Crippen LogP contribution in [0.4, 0.5) is 17.1 Å². The molecule has 0 atom stereocenters. The topological polar surface area (TPSA) is 75.8 Å². The summed E-state index contributed by atoms with van der Waals surface area (Å²) < 4.78 is 5.10. The van der Waals surface area contributed by atoms with Crippen LogP contribution in [0.1, 0.15) is 10.4 Å². The molecule has 0 aliphatic carbocycles. The van der Waals surface area contributed by atoms with Gasteiger partial charge in [0, 0.05) is 18.4 Å². The van der Waals surface area contributed by atoms with E-state index in [-0.39, 0.29) is 5.56 Å². The highest BCUT2D eigenvalue weighted by molar-refractivity contribution is 5.96. The van der Waals surface area contributed by atoms with Gasteiger partial charge < -0.3 is 20.5 Å². The lowest BCUT2D eigenvalue weighted by atomic mass is 10.1. The van der Waals surface area contributed by atoms with Crippen LogP contribution in [0.2, 0.25) is 0 Å². The lowest BCUT2D eigenvalue weighted by molar-refractivity contribution is 0.0697. The van der Waals surface area contributed by atoms with Crippen LogP contribution in [0.25, 0.3) is 0 Å². The zero-order chi connectivity index (χ0) is 14.7. The number of aromatic carboxylic acids is 1. The molecule has 0 unspecified atom stereocenters. The van der Waals surface area contributed by atoms with Crippen molar-refractivity contribution in [3.63, 3.8) is 0 Å². The molecule has 3 N–H and O–H groups in total. The van der Waals surface area contributed by atoms with E-state index in [2.05, 4.69) is 0 Å². The number of ether oxygens (including phenoxy) is 1. The van der Waals surface area contributed by atoms with Gasteiger partial charge >= 0.3 is 5.97 Å². The molecule has 2 rings (SSSR count). The van der Waals surface area contributed by atoms with Crippen LogP contribution < -0.4 is 15.4 Å². The quantitative estimate of drug-likeness (QED) is 0.837. The van der Waals surface area contributed by atoms with E-state index in [4.69, 9.17) is 10.5 Å². The predicted octanol–water partition coefficient (Wildman–Crippen LogP) is 2.74. The van der Waals surface area contributed by atoms with Gasteiger partial charge in [0.05, 0.1) is 18.4 Å². The Hall–Kier alpha value is -2.69. The van der Waals surface area contributed by atoms with Crippen molar-refractivity contribution < 1.29 is 14.6 Å². The molecule has 0 saturated carbocycles. The predicted molar refractivity (Wildman–Crippen MR) is 78.9 cm³/mol. The van der Waals surface area contributed by atoms with E-state index in [1.165, 1.54) is 6.07 Å². The molecule has 5 heteroatoms. The Morgan fingerprint density at radius 1 is 1.20 bits per heavy atom. The Kier molecular flexibility index (Phi) is 3.79. The van der Waals surface area contributed by atoms with Gasteiger partial charge in [-0.05, 0) is 42.5 Å². The van der Waals surface area contributed by atoms with Crippen LogP contribution in [0.15, 0.2) is 42.5 Å². The average Bonchev–Trinajstić information content (AvgIpc) is 2.46. The summed E-state index contributed by atoms with van der Waals surface area (Å²) in [5.41, 5.74) is 7.68. The molecular formula is C15H16N2O3. The van der Waals surface area contributed by atoms with E-state index in [1.807, 2.05) is 24.3 Å². The zero-order valence-electron chi connectivity index (χ0n) is 11.3. The van der Waals surface area contributed by atoms with Crippen LogP contribution >= 0.6 is 0 Å². The Balaban J connectivity index is 2.41. The standard InChI is InChI=1S/C15H16N2O3/c1-17(11-4-6-12(20-2)7-5-11)14-8-3-10(16)9-13(14)15(18)19/h3-9H,16H2,1-2H3,(H,18,19). The highest BCUT2D eigenvalue weighted by atomic mass is 16.5. The summed E-state index contributed by atoms with van der Waals surface area (Å²) in [4.78, 5) is 13.1. The van der Waals surface area contributed by atoms with Gasteiger partial charge in [0.25, 0.3) is 0 Å². The van der Waals surface area contributed by atoms with Crippen LogP contribution in [-0.4, -0.2) is 25.2 Å². The summed E-state index contributed by atoms with van der Waals surface area (Å²) in [6.45, 7) is 0. The van der Waals surface area contributed by atoms with Gasteiger partial charge in [-0.1, -0.05) is 0 Å². The summed E-state index contributed by atoms with van der Waals surface area (Å²) >= 11 is 0. The summed E-state index contributed by atoms with van der Waals surface area (Å²) in [5.74, 6) is -0.259. The fourth-order valence-corrected chi connectivity index (χ4v) is 1.96. The van der Waals surface area contributed by atoms with Crippen LogP contribution in [0.5, 0.6) is 5.75 Å². The number of methoxy groups -OCH3 is 1. The SMILES string of the molecule is COc1ccc(N(C)c2ccc(N)cc2C(=O)O)cc1. The third-order valence-corrected chi connectivity index (χ3v) is 3.07. The second kappa shape index (κ2) is 5.52. The Morgan fingerprint density at radius 3 is 2.40 bits per heavy atom. The van der Waals surface area contributed by atoms with E-state index in [9.17, 15) is 9.90 Å². The molecule has 0 amide bonds. The smallest absolute Gasteiger partial charge is 0.337 e. The van der Waals surface area contributed by atoms with E-state index in [1.54, 1.807) is 31.2 Å². The minimum absolute atomic E-state index is 0.170. The van der Waals surface area contributed by atoms with E-state index < -0.39 is 5.97 Å². The van der Waals surface area contributed by atoms with Gasteiger partial charge in [0.2, 0.25) is 0 Å². The average molecular weight is 272 g/mol. The van der Waals surface area contributed by atoms with E-state index in [0.717, 1.165) is 11.4 Å². The number of nitrogen functional groups attached to an aromatic ring is 1. The van der Waals surface area contributed by atoms with Crippen molar-refractivity contribution in [2.75, 3.05) is 24.8 Å². The maximum Gasteiger partial charge on any atom is 0.337 e. The number of carboxylic acids is 1. The first-order valence-electron chi connectivity index (χ1n) is 6.03. The monoisotopic (exact) mass is 272 g/mol. The van der Waals surface area contributed by atoms with Crippen molar-refractivity contribution in [2.24, 2.45) is 0 Å². The number of anilines is 3. The normalized spacial score (nSPS) is 10.1. The fraction of sp³-hybridized carbons (Fsp3) is 0.133. The molecule has 0 aliphatic rings. The largest absolute Gasteiger partial charge is 0.497 e. The van der Waals surface area contributed by atoms with Crippen molar-refractivity contribution in [3.8, 4) is 5.75 Å². The molecule has 2 aromatic carbocycles. The molecule has 0 radical (unpaired) electrons. The molecule has 20 heavy (non-hydrogen) atoms. The van der Waals surface area contributed by atoms with Gasteiger partial charge in [-0.25, -0.2) is 4.79 Å². The molecule has 0 bridgehead atoms. The van der Waals surface area contributed by atoms with Crippen LogP contribution in [-0.2, 0) is 0 Å². The number of carboxylic acid groups (broad SMARTS) is 1. The lowest BCUT2D eigenvalue weighted by Gasteiger charge is -2.22. The zero-order valence-corrected chi connectivity index (χ0v) is 11.3. The number of nitrogens with two attached hydrogens (primary N) is 1. The number of rotatable bonds is 4. The highest BCUT2D eigenvalue weighted by Crippen LogP contribution is 2.29. The molecular weight excluding hydrogens is 256 g/mol. The molecule has 0 heterocycles. The second-order valence-corrected chi connectivity index (χ2v) is 4.34. The van der Waals surface area contributed by atoms with Gasteiger partial charge in [-0.3, -0.25) is 0 Å². The lowest BCUT2D eigenvalue weighted by Crippen LogP contribution is -2.14. The molecule has 0 fully saturated rings. The third kappa shape index (κ3) is 2.66. The summed E-state index contributed by atoms with van der Waals surface area (Å²) in [5, 5.41) is 9.27. The molecule has 0 aromatic heterocycles. The molecule has 0 saturated heterocycles. The van der Waals surface area contributed by atoms with Crippen LogP contribution in [0.3, 0.4) is 0 Å². The molecule has 0 spiro atoms. The minimum Gasteiger partial charge on any atom is -0.497 e. The van der Waals surface area contributed by atoms with Gasteiger partial charge in [-0.15, -0.1) is 0 Å². The molecule has 0 aliphatic heterocycles. The summed E-state index contributed by atoms with van der Waals surface area (Å²) in [6.07, 6.45) is 0. The first-order valence-corrected chi connectivity index (χ1v) is 6.03. The van der Waals surface area contributed by atoms with Gasteiger partial charge in [-0.2, -0.15) is 0 Å². The molecule has 104 valence electrons. The molecule has 5 nitrogen and oxygen atoms in total. The van der Waals surface area contributed by atoms with Crippen molar-refractivity contribution >= 4 is 23.0 Å². The number of hydrogen-bond donors (Lipinski definition) is 2. The Morgan fingerprint density at radius 2 is 1.85 bits per heavy atom. The Labute approximate surface area is 117 Å². The minimum atomic E-state index is -1.01. The number of hydrogen-bond acceptors (Lipinski definition) is 4. The number of nitrogens with zero attached hydrogens (tertiary/aromatic N) is 1. The Bertz CT molecular complexity index is 624. The number of benzene rings is 2. The van der Waals surface area contributed by atoms with Crippen molar-refractivity contribution in [1.29, 1.82) is 0 Å². The number of carbonyl (C=O) groups is 1. The van der Waals surface area contributed by atoms with Crippen LogP contribution in [0, 0.1) is 0 Å². The summed E-state index contributed by atoms with van der Waals surface area (Å²) in [6, 6.07) is 12.2.